The Kier molecular flexibility index (Phi) is 6.39. The fourth-order valence-electron chi connectivity index (χ4n) is 2.21. The number of hydrogen-bond acceptors (Lipinski definition) is 5. The molecule has 0 saturated heterocycles. The fraction of sp³-hybridized carbons (Fsp3) is 0.263. The molecule has 2 rings (SSSR count). The van der Waals surface area contributed by atoms with Crippen molar-refractivity contribution in [1.82, 2.24) is 5.32 Å². The van der Waals surface area contributed by atoms with Gasteiger partial charge in [0.2, 0.25) is 0 Å². The van der Waals surface area contributed by atoms with Crippen LogP contribution in [0.15, 0.2) is 42.5 Å². The third-order valence-corrected chi connectivity index (χ3v) is 3.60. The van der Waals surface area contributed by atoms with Gasteiger partial charge in [0.25, 0.3) is 5.91 Å². The quantitative estimate of drug-likeness (QED) is 0.753. The Labute approximate surface area is 146 Å². The topological polar surface area (TPSA) is 84.9 Å². The van der Waals surface area contributed by atoms with Gasteiger partial charge in [-0.25, -0.2) is 4.79 Å². The highest BCUT2D eigenvalue weighted by Crippen LogP contribution is 2.19. The number of amides is 1. The van der Waals surface area contributed by atoms with Gasteiger partial charge in [0.1, 0.15) is 17.1 Å². The highest BCUT2D eigenvalue weighted by molar-refractivity contribution is 5.93. The molecule has 0 unspecified atom stereocenters. The molecular formula is C19H21NO5. The van der Waals surface area contributed by atoms with E-state index in [9.17, 15) is 14.7 Å². The average Bonchev–Trinajstić information content (AvgIpc) is 2.60. The Bertz CT molecular complexity index is 740. The summed E-state index contributed by atoms with van der Waals surface area (Å²) >= 11 is 0. The van der Waals surface area contributed by atoms with E-state index in [1.807, 2.05) is 24.3 Å². The lowest BCUT2D eigenvalue weighted by atomic mass is 10.1. The van der Waals surface area contributed by atoms with Gasteiger partial charge in [-0.15, -0.1) is 0 Å². The highest BCUT2D eigenvalue weighted by Gasteiger charge is 2.14. The molecule has 6 heteroatoms. The number of carbonyl (C=O) groups is 2. The normalized spacial score (nSPS) is 10.2. The van der Waals surface area contributed by atoms with Crippen LogP contribution in [0.1, 0.15) is 21.5 Å². The van der Waals surface area contributed by atoms with Crippen molar-refractivity contribution >= 4 is 11.9 Å². The predicted octanol–water partition coefficient (Wildman–Crippen LogP) is 2.22. The molecule has 0 aliphatic heterocycles. The lowest BCUT2D eigenvalue weighted by molar-refractivity contribution is -0.124. The molecule has 2 aromatic rings. The molecule has 0 atom stereocenters. The summed E-state index contributed by atoms with van der Waals surface area (Å²) in [5, 5.41) is 12.4. The maximum absolute atomic E-state index is 11.9. The lowest BCUT2D eigenvalue weighted by Gasteiger charge is -2.08. The number of hydrogen-bond donors (Lipinski definition) is 2. The van der Waals surface area contributed by atoms with Crippen LogP contribution in [0.4, 0.5) is 0 Å². The number of rotatable bonds is 7. The van der Waals surface area contributed by atoms with Crippen LogP contribution in [-0.2, 0) is 16.0 Å². The van der Waals surface area contributed by atoms with Gasteiger partial charge in [-0.2, -0.15) is 0 Å². The number of ether oxygens (including phenoxy) is 2. The summed E-state index contributed by atoms with van der Waals surface area (Å²) in [6, 6.07) is 12.2. The van der Waals surface area contributed by atoms with Crippen LogP contribution in [0.25, 0.3) is 0 Å². The van der Waals surface area contributed by atoms with Gasteiger partial charge in [0.05, 0.1) is 7.11 Å². The molecule has 0 radical (unpaired) electrons. The maximum atomic E-state index is 11.9. The highest BCUT2D eigenvalue weighted by atomic mass is 16.5. The Morgan fingerprint density at radius 1 is 1.12 bits per heavy atom. The van der Waals surface area contributed by atoms with Crippen LogP contribution in [0.2, 0.25) is 0 Å². The summed E-state index contributed by atoms with van der Waals surface area (Å²) in [6.07, 6.45) is 0.655. The van der Waals surface area contributed by atoms with Crippen molar-refractivity contribution in [3.63, 3.8) is 0 Å². The fourth-order valence-corrected chi connectivity index (χ4v) is 2.21. The average molecular weight is 343 g/mol. The van der Waals surface area contributed by atoms with Gasteiger partial charge in [-0.3, -0.25) is 4.79 Å². The van der Waals surface area contributed by atoms with Crippen molar-refractivity contribution in [2.45, 2.75) is 13.3 Å². The number of benzene rings is 2. The second-order valence-electron chi connectivity index (χ2n) is 5.54. The van der Waals surface area contributed by atoms with Crippen LogP contribution < -0.4 is 10.1 Å². The molecule has 0 saturated carbocycles. The summed E-state index contributed by atoms with van der Waals surface area (Å²) in [6.45, 7) is 1.83. The molecule has 0 heterocycles. The van der Waals surface area contributed by atoms with E-state index in [0.717, 1.165) is 16.9 Å². The Balaban J connectivity index is 1.73. The van der Waals surface area contributed by atoms with Crippen LogP contribution >= 0.6 is 0 Å². The number of phenols is 1. The Hall–Kier alpha value is -3.02. The zero-order valence-electron chi connectivity index (χ0n) is 14.2. The molecular weight excluding hydrogens is 322 g/mol. The Morgan fingerprint density at radius 3 is 2.48 bits per heavy atom. The zero-order valence-corrected chi connectivity index (χ0v) is 14.2. The van der Waals surface area contributed by atoms with E-state index >= 15 is 0 Å². The minimum absolute atomic E-state index is 0.0385. The summed E-state index contributed by atoms with van der Waals surface area (Å²) in [5.41, 5.74) is 1.92. The molecule has 1 amide bonds. The molecule has 0 aliphatic rings. The molecule has 0 fully saturated rings. The number of aromatic hydroxyl groups is 1. The number of methoxy groups -OCH3 is 1. The minimum atomic E-state index is -0.734. The second kappa shape index (κ2) is 8.73. The zero-order chi connectivity index (χ0) is 18.2. The SMILES string of the molecule is COc1ccc(CCNC(=O)COC(=O)c2ccc(C)cc2O)cc1. The molecule has 0 spiro atoms. The monoisotopic (exact) mass is 343 g/mol. The summed E-state index contributed by atoms with van der Waals surface area (Å²) in [5.74, 6) is -0.514. The smallest absolute Gasteiger partial charge is 0.342 e. The van der Waals surface area contributed by atoms with Gasteiger partial charge in [0, 0.05) is 6.54 Å². The van der Waals surface area contributed by atoms with Gasteiger partial charge in [-0.1, -0.05) is 18.2 Å². The van der Waals surface area contributed by atoms with Crippen LogP contribution in [0, 0.1) is 6.92 Å². The van der Waals surface area contributed by atoms with Crippen molar-refractivity contribution in [2.24, 2.45) is 0 Å². The summed E-state index contributed by atoms with van der Waals surface area (Å²) in [4.78, 5) is 23.6. The number of carbonyl (C=O) groups excluding carboxylic acids is 2. The molecule has 2 N–H and O–H groups in total. The van der Waals surface area contributed by atoms with Crippen molar-refractivity contribution in [3.05, 3.63) is 59.2 Å². The van der Waals surface area contributed by atoms with E-state index in [-0.39, 0.29) is 11.3 Å². The molecule has 0 bridgehead atoms. The van der Waals surface area contributed by atoms with Crippen molar-refractivity contribution < 1.29 is 24.2 Å². The number of aryl methyl sites for hydroxylation is 1. The van der Waals surface area contributed by atoms with E-state index in [2.05, 4.69) is 5.32 Å². The van der Waals surface area contributed by atoms with Crippen molar-refractivity contribution in [3.8, 4) is 11.5 Å². The molecule has 25 heavy (non-hydrogen) atoms. The van der Waals surface area contributed by atoms with Gasteiger partial charge in [0.15, 0.2) is 6.61 Å². The lowest BCUT2D eigenvalue weighted by Crippen LogP contribution is -2.30. The standard InChI is InChI=1S/C19H21NO5/c1-13-3-8-16(17(21)11-13)19(23)25-12-18(22)20-10-9-14-4-6-15(24-2)7-5-14/h3-8,11,21H,9-10,12H2,1-2H3,(H,20,22). The number of nitrogens with one attached hydrogen (secondary N) is 1. The Morgan fingerprint density at radius 2 is 1.84 bits per heavy atom. The third kappa shape index (κ3) is 5.53. The maximum Gasteiger partial charge on any atom is 0.342 e. The second-order valence-corrected chi connectivity index (χ2v) is 5.54. The van der Waals surface area contributed by atoms with Crippen molar-refractivity contribution in [1.29, 1.82) is 0 Å². The van der Waals surface area contributed by atoms with E-state index in [1.165, 1.54) is 12.1 Å². The first-order valence-corrected chi connectivity index (χ1v) is 7.86. The van der Waals surface area contributed by atoms with Crippen LogP contribution in [-0.4, -0.2) is 37.2 Å². The van der Waals surface area contributed by atoms with Gasteiger partial charge >= 0.3 is 5.97 Å². The third-order valence-electron chi connectivity index (χ3n) is 3.60. The first-order valence-electron chi connectivity index (χ1n) is 7.86. The van der Waals surface area contributed by atoms with E-state index in [1.54, 1.807) is 20.1 Å². The summed E-state index contributed by atoms with van der Waals surface area (Å²) < 4.78 is 10.00. The number of phenolic OH excluding ortho intramolecular Hbond substituents is 1. The number of esters is 1. The molecule has 132 valence electrons. The van der Waals surface area contributed by atoms with Crippen molar-refractivity contribution in [2.75, 3.05) is 20.3 Å². The largest absolute Gasteiger partial charge is 0.507 e. The van der Waals surface area contributed by atoms with Gasteiger partial charge in [-0.05, 0) is 48.7 Å². The summed E-state index contributed by atoms with van der Waals surface area (Å²) in [7, 11) is 1.60. The van der Waals surface area contributed by atoms with E-state index < -0.39 is 18.5 Å². The molecule has 0 aliphatic carbocycles. The first kappa shape index (κ1) is 18.3. The molecule has 2 aromatic carbocycles. The predicted molar refractivity (Wildman–Crippen MR) is 92.8 cm³/mol. The molecule has 0 aromatic heterocycles. The van der Waals surface area contributed by atoms with Gasteiger partial charge < -0.3 is 19.9 Å². The van der Waals surface area contributed by atoms with E-state index in [0.29, 0.717) is 13.0 Å². The van der Waals surface area contributed by atoms with Crippen LogP contribution in [0.3, 0.4) is 0 Å². The van der Waals surface area contributed by atoms with E-state index in [4.69, 9.17) is 9.47 Å². The molecule has 6 nitrogen and oxygen atoms in total. The van der Waals surface area contributed by atoms with Crippen LogP contribution in [0.5, 0.6) is 11.5 Å². The minimum Gasteiger partial charge on any atom is -0.507 e. The first-order chi connectivity index (χ1) is 12.0.